The number of piperidine rings is 1. The van der Waals surface area contributed by atoms with Crippen molar-refractivity contribution in [2.24, 2.45) is 0 Å². The van der Waals surface area contributed by atoms with Gasteiger partial charge in [0.25, 0.3) is 0 Å². The topological polar surface area (TPSA) is 55.6 Å². The van der Waals surface area contributed by atoms with Gasteiger partial charge in [-0.15, -0.1) is 0 Å². The van der Waals surface area contributed by atoms with Crippen LogP contribution in [-0.2, 0) is 11.3 Å². The van der Waals surface area contributed by atoms with E-state index in [2.05, 4.69) is 4.90 Å². The molecule has 1 saturated heterocycles. The molecule has 1 aliphatic rings. The smallest absolute Gasteiger partial charge is 0.305 e. The minimum absolute atomic E-state index is 0.176. The third-order valence-corrected chi connectivity index (χ3v) is 3.51. The summed E-state index contributed by atoms with van der Waals surface area (Å²) in [6.07, 6.45) is 2.19. The summed E-state index contributed by atoms with van der Waals surface area (Å²) in [4.78, 5) is 12.1. The van der Waals surface area contributed by atoms with E-state index in [-0.39, 0.29) is 6.10 Å². The second kappa shape index (κ2) is 6.76. The van der Waals surface area contributed by atoms with Gasteiger partial charge in [-0.05, 0) is 26.3 Å². The van der Waals surface area contributed by atoms with Crippen molar-refractivity contribution < 1.29 is 14.1 Å². The van der Waals surface area contributed by atoms with Crippen molar-refractivity contribution in [3.05, 3.63) is 39.7 Å². The average Bonchev–Trinajstić information content (AvgIpc) is 2.42. The first-order chi connectivity index (χ1) is 9.61. The molecule has 0 saturated carbocycles. The first-order valence-electron chi connectivity index (χ1n) is 6.87. The number of hydrogen-bond donors (Lipinski definition) is 0. The Hall–Kier alpha value is -1.53. The highest BCUT2D eigenvalue weighted by molar-refractivity contribution is 5.36. The van der Waals surface area contributed by atoms with Crippen LogP contribution in [0.15, 0.2) is 18.2 Å². The SMILES string of the molecule is CCOC1CCCN(Cc2cccc([N+](=O)[O-])c2F)C1. The van der Waals surface area contributed by atoms with Crippen LogP contribution in [0.4, 0.5) is 10.1 Å². The van der Waals surface area contributed by atoms with Crippen LogP contribution in [0.3, 0.4) is 0 Å². The largest absolute Gasteiger partial charge is 0.377 e. The monoisotopic (exact) mass is 282 g/mol. The number of rotatable bonds is 5. The summed E-state index contributed by atoms with van der Waals surface area (Å²) in [5, 5.41) is 10.7. The molecule has 2 rings (SSSR count). The first-order valence-corrected chi connectivity index (χ1v) is 6.87. The summed E-state index contributed by atoms with van der Waals surface area (Å²) in [6, 6.07) is 4.32. The molecule has 6 heteroatoms. The molecule has 110 valence electrons. The molecule has 1 unspecified atom stereocenters. The van der Waals surface area contributed by atoms with Crippen molar-refractivity contribution in [2.75, 3.05) is 19.7 Å². The lowest BCUT2D eigenvalue weighted by Crippen LogP contribution is -2.39. The molecular weight excluding hydrogens is 263 g/mol. The maximum absolute atomic E-state index is 14.0. The normalized spacial score (nSPS) is 20.0. The quantitative estimate of drug-likeness (QED) is 0.615. The van der Waals surface area contributed by atoms with Gasteiger partial charge in [-0.1, -0.05) is 12.1 Å². The summed E-state index contributed by atoms with van der Waals surface area (Å²) >= 11 is 0. The van der Waals surface area contributed by atoms with Gasteiger partial charge in [0.1, 0.15) is 0 Å². The number of nitro groups is 1. The highest BCUT2D eigenvalue weighted by Gasteiger charge is 2.23. The molecule has 0 amide bonds. The molecule has 20 heavy (non-hydrogen) atoms. The molecule has 1 aliphatic heterocycles. The highest BCUT2D eigenvalue weighted by atomic mass is 19.1. The van der Waals surface area contributed by atoms with E-state index in [0.29, 0.717) is 18.7 Å². The van der Waals surface area contributed by atoms with Crippen LogP contribution in [0.25, 0.3) is 0 Å². The van der Waals surface area contributed by atoms with Crippen LogP contribution in [0.5, 0.6) is 0 Å². The second-order valence-corrected chi connectivity index (χ2v) is 4.96. The zero-order valence-electron chi connectivity index (χ0n) is 11.5. The van der Waals surface area contributed by atoms with Crippen molar-refractivity contribution in [3.63, 3.8) is 0 Å². The van der Waals surface area contributed by atoms with Crippen LogP contribution in [0, 0.1) is 15.9 Å². The van der Waals surface area contributed by atoms with Gasteiger partial charge < -0.3 is 4.74 Å². The van der Waals surface area contributed by atoms with Crippen LogP contribution < -0.4 is 0 Å². The van der Waals surface area contributed by atoms with Crippen LogP contribution in [0.1, 0.15) is 25.3 Å². The molecule has 1 atom stereocenters. The standard InChI is InChI=1S/C14H19FN2O3/c1-2-20-12-6-4-8-16(10-12)9-11-5-3-7-13(14(11)15)17(18)19/h3,5,7,12H,2,4,6,8-10H2,1H3. The lowest BCUT2D eigenvalue weighted by atomic mass is 10.1. The van der Waals surface area contributed by atoms with Gasteiger partial charge in [0.05, 0.1) is 11.0 Å². The lowest BCUT2D eigenvalue weighted by molar-refractivity contribution is -0.387. The fraction of sp³-hybridized carbons (Fsp3) is 0.571. The number of nitrogens with zero attached hydrogens (tertiary/aromatic N) is 2. The fourth-order valence-corrected chi connectivity index (χ4v) is 2.60. The van der Waals surface area contributed by atoms with Gasteiger partial charge >= 0.3 is 5.69 Å². The Morgan fingerprint density at radius 3 is 3.05 bits per heavy atom. The Labute approximate surface area is 117 Å². The summed E-state index contributed by atoms with van der Waals surface area (Å²) in [6.45, 7) is 4.63. The molecule has 0 aromatic heterocycles. The number of benzene rings is 1. The fourth-order valence-electron chi connectivity index (χ4n) is 2.60. The van der Waals surface area contributed by atoms with E-state index in [0.717, 1.165) is 25.9 Å². The highest BCUT2D eigenvalue weighted by Crippen LogP contribution is 2.23. The zero-order valence-corrected chi connectivity index (χ0v) is 11.5. The Morgan fingerprint density at radius 1 is 1.55 bits per heavy atom. The maximum Gasteiger partial charge on any atom is 0.305 e. The summed E-state index contributed by atoms with van der Waals surface area (Å²) < 4.78 is 19.6. The molecule has 0 N–H and O–H groups in total. The number of nitro benzene ring substituents is 1. The van der Waals surface area contributed by atoms with Crippen molar-refractivity contribution in [1.82, 2.24) is 4.90 Å². The van der Waals surface area contributed by atoms with Crippen molar-refractivity contribution in [1.29, 1.82) is 0 Å². The zero-order chi connectivity index (χ0) is 14.5. The van der Waals surface area contributed by atoms with E-state index in [1.165, 1.54) is 12.1 Å². The van der Waals surface area contributed by atoms with Crippen molar-refractivity contribution in [3.8, 4) is 0 Å². The summed E-state index contributed by atoms with van der Waals surface area (Å²) in [7, 11) is 0. The van der Waals surface area contributed by atoms with Gasteiger partial charge in [-0.2, -0.15) is 4.39 Å². The number of likely N-dealkylation sites (tertiary alicyclic amines) is 1. The predicted molar refractivity (Wildman–Crippen MR) is 73.0 cm³/mol. The minimum Gasteiger partial charge on any atom is -0.377 e. The third kappa shape index (κ3) is 3.52. The number of halogens is 1. The number of hydrogen-bond acceptors (Lipinski definition) is 4. The molecule has 0 spiro atoms. The number of ether oxygens (including phenoxy) is 1. The van der Waals surface area contributed by atoms with Crippen LogP contribution in [-0.4, -0.2) is 35.6 Å². The Kier molecular flexibility index (Phi) is 5.03. The average molecular weight is 282 g/mol. The molecule has 1 heterocycles. The van der Waals surface area contributed by atoms with E-state index < -0.39 is 16.4 Å². The maximum atomic E-state index is 14.0. The minimum atomic E-state index is -0.726. The summed E-state index contributed by atoms with van der Waals surface area (Å²) in [5.41, 5.74) is -0.0859. The van der Waals surface area contributed by atoms with Crippen molar-refractivity contribution in [2.45, 2.75) is 32.4 Å². The predicted octanol–water partition coefficient (Wildman–Crippen LogP) is 2.73. The van der Waals surface area contributed by atoms with E-state index in [9.17, 15) is 14.5 Å². The molecule has 5 nitrogen and oxygen atoms in total. The van der Waals surface area contributed by atoms with E-state index in [4.69, 9.17) is 4.74 Å². The lowest BCUT2D eigenvalue weighted by Gasteiger charge is -2.32. The Morgan fingerprint density at radius 2 is 2.35 bits per heavy atom. The Balaban J connectivity index is 2.06. The van der Waals surface area contributed by atoms with E-state index >= 15 is 0 Å². The van der Waals surface area contributed by atoms with Gasteiger partial charge in [0.2, 0.25) is 5.82 Å². The van der Waals surface area contributed by atoms with Gasteiger partial charge in [0.15, 0.2) is 0 Å². The van der Waals surface area contributed by atoms with E-state index in [1.54, 1.807) is 6.07 Å². The molecule has 1 aromatic rings. The first kappa shape index (κ1) is 14.9. The third-order valence-electron chi connectivity index (χ3n) is 3.51. The molecule has 1 fully saturated rings. The van der Waals surface area contributed by atoms with E-state index in [1.807, 2.05) is 6.92 Å². The Bertz CT molecular complexity index is 479. The molecular formula is C14H19FN2O3. The molecule has 0 radical (unpaired) electrons. The van der Waals surface area contributed by atoms with Crippen LogP contribution >= 0.6 is 0 Å². The van der Waals surface area contributed by atoms with Gasteiger partial charge in [-0.3, -0.25) is 15.0 Å². The summed E-state index contributed by atoms with van der Waals surface area (Å²) in [5.74, 6) is -0.726. The molecule has 1 aromatic carbocycles. The van der Waals surface area contributed by atoms with Gasteiger partial charge in [0, 0.05) is 31.3 Å². The van der Waals surface area contributed by atoms with Crippen LogP contribution in [0.2, 0.25) is 0 Å². The van der Waals surface area contributed by atoms with Gasteiger partial charge in [-0.25, -0.2) is 0 Å². The second-order valence-electron chi connectivity index (χ2n) is 4.96. The molecule has 0 bridgehead atoms. The van der Waals surface area contributed by atoms with Crippen molar-refractivity contribution >= 4 is 5.69 Å². The molecule has 0 aliphatic carbocycles.